The molecule has 0 aliphatic heterocycles. The molecule has 210 valence electrons. The fourth-order valence-corrected chi connectivity index (χ4v) is 4.90. The molecule has 0 aromatic heterocycles. The summed E-state index contributed by atoms with van der Waals surface area (Å²) in [5, 5.41) is 0. The molecular weight excluding hydrogens is 523 g/mol. The zero-order chi connectivity index (χ0) is 26.9. The van der Waals surface area contributed by atoms with E-state index in [1.807, 2.05) is 0 Å². The van der Waals surface area contributed by atoms with Crippen LogP contribution in [0.4, 0.5) is 0 Å². The minimum atomic E-state index is -4.26. The van der Waals surface area contributed by atoms with Crippen LogP contribution in [0, 0.1) is 11.8 Å². The first-order chi connectivity index (χ1) is 17.3. The summed E-state index contributed by atoms with van der Waals surface area (Å²) in [4.78, 5) is 33.5. The predicted octanol–water partition coefficient (Wildman–Crippen LogP) is 6.01. The molecule has 0 aliphatic carbocycles. The molecule has 2 atom stereocenters. The van der Waals surface area contributed by atoms with Crippen molar-refractivity contribution in [2.45, 2.75) is 90.6 Å². The number of ether oxygens (including phenoxy) is 2. The molecular formula is C25H45O8PS2. The van der Waals surface area contributed by atoms with Crippen LogP contribution in [0.25, 0.3) is 0 Å². The summed E-state index contributed by atoms with van der Waals surface area (Å²) in [6.45, 7) is 3.26. The van der Waals surface area contributed by atoms with Crippen LogP contribution >= 0.6 is 31.3 Å². The summed E-state index contributed by atoms with van der Waals surface area (Å²) in [6, 6.07) is 0. The minimum absolute atomic E-state index is 0.0616. The van der Waals surface area contributed by atoms with Crippen molar-refractivity contribution in [2.75, 3.05) is 43.3 Å². The second-order valence-electron chi connectivity index (χ2n) is 8.16. The molecule has 0 heterocycles. The van der Waals surface area contributed by atoms with Gasteiger partial charge in [-0.2, -0.15) is 23.5 Å². The van der Waals surface area contributed by atoms with Crippen molar-refractivity contribution in [2.24, 2.45) is 0 Å². The van der Waals surface area contributed by atoms with Gasteiger partial charge in [0, 0.05) is 12.8 Å². The van der Waals surface area contributed by atoms with Gasteiger partial charge in [0.1, 0.15) is 6.61 Å². The number of esters is 2. The summed E-state index contributed by atoms with van der Waals surface area (Å²) in [5.74, 6) is 6.52. The van der Waals surface area contributed by atoms with Gasteiger partial charge in [0.05, 0.1) is 24.7 Å². The maximum atomic E-state index is 12.1. The Hall–Kier alpha value is -0.690. The zero-order valence-corrected chi connectivity index (χ0v) is 24.7. The van der Waals surface area contributed by atoms with Gasteiger partial charge in [-0.3, -0.25) is 18.6 Å². The van der Waals surface area contributed by atoms with Crippen molar-refractivity contribution in [1.82, 2.24) is 0 Å². The lowest BCUT2D eigenvalue weighted by Crippen LogP contribution is -2.30. The molecule has 36 heavy (non-hydrogen) atoms. The number of unbranched alkanes of at least 4 members (excludes halogenated alkanes) is 8. The quantitative estimate of drug-likeness (QED) is 0.0682. The highest BCUT2D eigenvalue weighted by molar-refractivity contribution is 7.99. The van der Waals surface area contributed by atoms with Gasteiger partial charge in [0.25, 0.3) is 0 Å². The van der Waals surface area contributed by atoms with E-state index >= 15 is 0 Å². The largest absolute Gasteiger partial charge is 0.472 e. The van der Waals surface area contributed by atoms with Gasteiger partial charge in [-0.15, -0.1) is 11.8 Å². The number of carbonyl (C=O) groups is 2. The molecule has 0 aromatic carbocycles. The molecule has 0 saturated carbocycles. The number of rotatable bonds is 23. The molecule has 0 rings (SSSR count). The van der Waals surface area contributed by atoms with Crippen LogP contribution in [0.15, 0.2) is 0 Å². The molecule has 8 nitrogen and oxygen atoms in total. The molecule has 0 aromatic rings. The Bertz CT molecular complexity index is 681. The Morgan fingerprint density at radius 2 is 1.56 bits per heavy atom. The molecule has 2 unspecified atom stereocenters. The third kappa shape index (κ3) is 23.7. The Morgan fingerprint density at radius 3 is 2.19 bits per heavy atom. The van der Waals surface area contributed by atoms with Gasteiger partial charge in [-0.25, -0.2) is 4.57 Å². The van der Waals surface area contributed by atoms with Crippen molar-refractivity contribution in [1.29, 1.82) is 0 Å². The monoisotopic (exact) mass is 568 g/mol. The summed E-state index contributed by atoms with van der Waals surface area (Å²) in [7, 11) is -4.26. The summed E-state index contributed by atoms with van der Waals surface area (Å²) in [6.07, 6.45) is 12.9. The first-order valence-electron chi connectivity index (χ1n) is 12.8. The van der Waals surface area contributed by atoms with Crippen molar-refractivity contribution >= 4 is 43.3 Å². The van der Waals surface area contributed by atoms with Gasteiger partial charge in [0.2, 0.25) is 0 Å². The average molecular weight is 569 g/mol. The van der Waals surface area contributed by atoms with Crippen molar-refractivity contribution in [3.8, 4) is 11.8 Å². The highest BCUT2D eigenvalue weighted by Gasteiger charge is 2.25. The fourth-order valence-electron chi connectivity index (χ4n) is 2.95. The van der Waals surface area contributed by atoms with E-state index in [0.29, 0.717) is 6.42 Å². The van der Waals surface area contributed by atoms with Crippen molar-refractivity contribution < 1.29 is 37.6 Å². The van der Waals surface area contributed by atoms with E-state index in [4.69, 9.17) is 18.5 Å². The van der Waals surface area contributed by atoms with Crippen molar-refractivity contribution in [3.63, 3.8) is 0 Å². The van der Waals surface area contributed by atoms with Crippen molar-refractivity contribution in [3.05, 3.63) is 0 Å². The van der Waals surface area contributed by atoms with E-state index < -0.39 is 32.5 Å². The van der Waals surface area contributed by atoms with E-state index in [1.54, 1.807) is 13.2 Å². The van der Waals surface area contributed by atoms with Crippen LogP contribution in [-0.4, -0.2) is 66.3 Å². The predicted molar refractivity (Wildman–Crippen MR) is 148 cm³/mol. The number of phosphoric acid groups is 1. The maximum absolute atomic E-state index is 12.1. The summed E-state index contributed by atoms with van der Waals surface area (Å²) >= 11 is 2.79. The minimum Gasteiger partial charge on any atom is -0.461 e. The lowest BCUT2D eigenvalue weighted by molar-refractivity contribution is -0.157. The Labute approximate surface area is 226 Å². The van der Waals surface area contributed by atoms with E-state index in [1.165, 1.54) is 62.0 Å². The number of hydrogen-bond donors (Lipinski definition) is 1. The second kappa shape index (κ2) is 24.6. The Morgan fingerprint density at radius 1 is 0.889 bits per heavy atom. The van der Waals surface area contributed by atoms with Crippen LogP contribution in [-0.2, 0) is 32.7 Å². The first kappa shape index (κ1) is 35.3. The van der Waals surface area contributed by atoms with Crippen LogP contribution in [0.5, 0.6) is 0 Å². The van der Waals surface area contributed by atoms with Gasteiger partial charge >= 0.3 is 19.8 Å². The van der Waals surface area contributed by atoms with Crippen LogP contribution in [0.1, 0.15) is 84.5 Å². The van der Waals surface area contributed by atoms with Gasteiger partial charge in [-0.05, 0) is 31.3 Å². The summed E-state index contributed by atoms with van der Waals surface area (Å²) < 4.78 is 31.9. The highest BCUT2D eigenvalue weighted by Crippen LogP contribution is 2.43. The smallest absolute Gasteiger partial charge is 0.461 e. The van der Waals surface area contributed by atoms with E-state index in [-0.39, 0.29) is 24.7 Å². The van der Waals surface area contributed by atoms with Crippen LogP contribution in [0.3, 0.4) is 0 Å². The van der Waals surface area contributed by atoms with Gasteiger partial charge < -0.3 is 14.4 Å². The SMILES string of the molecule is CCC#CCCCCCCCCCCSCC(=O)OCC(COP(=O)(O)OCCC)OC(=O)CSC. The molecule has 0 radical (unpaired) electrons. The maximum Gasteiger partial charge on any atom is 0.472 e. The lowest BCUT2D eigenvalue weighted by Gasteiger charge is -2.19. The third-order valence-electron chi connectivity index (χ3n) is 4.73. The number of hydrogen-bond acceptors (Lipinski definition) is 9. The van der Waals surface area contributed by atoms with Crippen LogP contribution in [0.2, 0.25) is 0 Å². The zero-order valence-electron chi connectivity index (χ0n) is 22.2. The van der Waals surface area contributed by atoms with Gasteiger partial charge in [0.15, 0.2) is 6.10 Å². The first-order valence-corrected chi connectivity index (χ1v) is 16.9. The Balaban J connectivity index is 3.98. The molecule has 0 aliphatic rings. The number of carbonyl (C=O) groups excluding carboxylic acids is 2. The standard InChI is InChI=1S/C25H45O8PS2/c1-4-6-7-8-9-10-11-12-13-14-15-16-18-36-22-24(26)30-19-23(33-25(27)21-35-3)20-32-34(28,29)31-17-5-2/h23H,4-5,8-22H2,1-3H3,(H,28,29). The second-order valence-corrected chi connectivity index (χ2v) is 11.6. The molecule has 0 spiro atoms. The molecule has 1 N–H and O–H groups in total. The van der Waals surface area contributed by atoms with E-state index in [0.717, 1.165) is 31.4 Å². The fraction of sp³-hybridized carbons (Fsp3) is 0.840. The molecule has 11 heteroatoms. The molecule has 0 amide bonds. The molecule has 0 saturated heterocycles. The molecule has 0 bridgehead atoms. The number of phosphoric ester groups is 1. The highest BCUT2D eigenvalue weighted by atomic mass is 32.2. The van der Waals surface area contributed by atoms with Crippen LogP contribution < -0.4 is 0 Å². The van der Waals surface area contributed by atoms with E-state index in [2.05, 4.69) is 18.8 Å². The Kier molecular flexibility index (Phi) is 24.2. The topological polar surface area (TPSA) is 108 Å². The summed E-state index contributed by atoms with van der Waals surface area (Å²) in [5.41, 5.74) is 0. The average Bonchev–Trinajstić information content (AvgIpc) is 2.84. The van der Waals surface area contributed by atoms with Gasteiger partial charge in [-0.1, -0.05) is 52.4 Å². The molecule has 0 fully saturated rings. The normalized spacial score (nSPS) is 13.3. The number of thioether (sulfide) groups is 2. The third-order valence-corrected chi connectivity index (χ3v) is 7.26. The van der Waals surface area contributed by atoms with E-state index in [9.17, 15) is 19.0 Å². The lowest BCUT2D eigenvalue weighted by atomic mass is 10.1.